The van der Waals surface area contributed by atoms with Crippen LogP contribution in [0.25, 0.3) is 0 Å². The summed E-state index contributed by atoms with van der Waals surface area (Å²) in [6, 6.07) is 11.9. The number of aromatic hydroxyl groups is 1. The quantitative estimate of drug-likeness (QED) is 0.895. The molecule has 2 rings (SSSR count). The van der Waals surface area contributed by atoms with E-state index in [4.69, 9.17) is 5.11 Å². The highest BCUT2D eigenvalue weighted by molar-refractivity contribution is 9.10. The molecule has 0 aliphatic heterocycles. The summed E-state index contributed by atoms with van der Waals surface area (Å²) < 4.78 is 0.646. The molecule has 0 aliphatic carbocycles. The van der Waals surface area contributed by atoms with Crippen molar-refractivity contribution in [3.05, 3.63) is 52.5 Å². The zero-order chi connectivity index (χ0) is 13.1. The number of hydrogen-bond donors (Lipinski definition) is 2. The molecule has 2 aromatic carbocycles. The SMILES string of the molecule is O=C(O)c1ccc(Sc2ccc(Br)c(O)c2)cc1. The third-order valence-electron chi connectivity index (χ3n) is 2.25. The molecule has 0 saturated heterocycles. The lowest BCUT2D eigenvalue weighted by atomic mass is 10.2. The molecular formula is C13H9BrO3S. The minimum Gasteiger partial charge on any atom is -0.507 e. The van der Waals surface area contributed by atoms with Crippen molar-refractivity contribution in [3.63, 3.8) is 0 Å². The van der Waals surface area contributed by atoms with E-state index in [0.29, 0.717) is 4.47 Å². The van der Waals surface area contributed by atoms with Gasteiger partial charge in [-0.3, -0.25) is 0 Å². The number of carboxylic acid groups (broad SMARTS) is 1. The molecule has 2 aromatic rings. The van der Waals surface area contributed by atoms with Gasteiger partial charge in [-0.2, -0.15) is 0 Å². The van der Waals surface area contributed by atoms with Gasteiger partial charge in [0.15, 0.2) is 0 Å². The van der Waals surface area contributed by atoms with E-state index >= 15 is 0 Å². The molecule has 0 saturated carbocycles. The molecular weight excluding hydrogens is 316 g/mol. The molecule has 5 heteroatoms. The van der Waals surface area contributed by atoms with Crippen molar-refractivity contribution in [3.8, 4) is 5.75 Å². The third kappa shape index (κ3) is 3.05. The highest BCUT2D eigenvalue weighted by Crippen LogP contribution is 2.33. The summed E-state index contributed by atoms with van der Waals surface area (Å²) in [4.78, 5) is 12.5. The number of phenols is 1. The monoisotopic (exact) mass is 324 g/mol. The maximum Gasteiger partial charge on any atom is 0.335 e. The van der Waals surface area contributed by atoms with Crippen LogP contribution in [0.2, 0.25) is 0 Å². The summed E-state index contributed by atoms with van der Waals surface area (Å²) >= 11 is 4.67. The molecule has 0 aromatic heterocycles. The first kappa shape index (κ1) is 13.0. The molecule has 3 nitrogen and oxygen atoms in total. The van der Waals surface area contributed by atoms with Gasteiger partial charge in [-0.25, -0.2) is 4.79 Å². The predicted molar refractivity (Wildman–Crippen MR) is 73.3 cm³/mol. The normalized spacial score (nSPS) is 10.3. The lowest BCUT2D eigenvalue weighted by Crippen LogP contribution is -1.94. The molecule has 0 atom stereocenters. The average molecular weight is 325 g/mol. The lowest BCUT2D eigenvalue weighted by Gasteiger charge is -2.04. The van der Waals surface area contributed by atoms with Crippen LogP contribution in [-0.2, 0) is 0 Å². The number of halogens is 1. The van der Waals surface area contributed by atoms with Crippen LogP contribution in [0, 0.1) is 0 Å². The Hall–Kier alpha value is -1.46. The number of aromatic carboxylic acids is 1. The van der Waals surface area contributed by atoms with Gasteiger partial charge in [0.05, 0.1) is 10.0 Å². The average Bonchev–Trinajstić information content (AvgIpc) is 2.34. The Labute approximate surface area is 117 Å². The van der Waals surface area contributed by atoms with Gasteiger partial charge in [-0.1, -0.05) is 11.8 Å². The number of carbonyl (C=O) groups is 1. The van der Waals surface area contributed by atoms with Gasteiger partial charge >= 0.3 is 5.97 Å². The van der Waals surface area contributed by atoms with Crippen LogP contribution in [0.5, 0.6) is 5.75 Å². The lowest BCUT2D eigenvalue weighted by molar-refractivity contribution is 0.0697. The van der Waals surface area contributed by atoms with E-state index in [2.05, 4.69) is 15.9 Å². The van der Waals surface area contributed by atoms with Gasteiger partial charge in [0.1, 0.15) is 5.75 Å². The number of hydrogen-bond acceptors (Lipinski definition) is 3. The highest BCUT2D eigenvalue weighted by atomic mass is 79.9. The topological polar surface area (TPSA) is 57.5 Å². The highest BCUT2D eigenvalue weighted by Gasteiger charge is 2.04. The number of carboxylic acids is 1. The smallest absolute Gasteiger partial charge is 0.335 e. The third-order valence-corrected chi connectivity index (χ3v) is 3.92. The van der Waals surface area contributed by atoms with E-state index in [1.807, 2.05) is 6.07 Å². The summed E-state index contributed by atoms with van der Waals surface area (Å²) in [5.74, 6) is -0.755. The van der Waals surface area contributed by atoms with E-state index in [9.17, 15) is 9.90 Å². The summed E-state index contributed by atoms with van der Waals surface area (Å²) in [6.07, 6.45) is 0. The first-order chi connectivity index (χ1) is 8.56. The maximum absolute atomic E-state index is 10.7. The number of rotatable bonds is 3. The largest absolute Gasteiger partial charge is 0.507 e. The Morgan fingerprint density at radius 1 is 1.06 bits per heavy atom. The zero-order valence-electron chi connectivity index (χ0n) is 9.13. The molecule has 0 radical (unpaired) electrons. The molecule has 0 bridgehead atoms. The van der Waals surface area contributed by atoms with Gasteiger partial charge in [0, 0.05) is 9.79 Å². The molecule has 0 aliphatic rings. The van der Waals surface area contributed by atoms with Crippen LogP contribution >= 0.6 is 27.7 Å². The molecule has 0 amide bonds. The number of phenolic OH excluding ortho intramolecular Hbond substituents is 1. The molecule has 0 unspecified atom stereocenters. The second-order valence-corrected chi connectivity index (χ2v) is 5.55. The summed E-state index contributed by atoms with van der Waals surface area (Å²) in [6.45, 7) is 0. The minimum absolute atomic E-state index is 0.183. The zero-order valence-corrected chi connectivity index (χ0v) is 11.5. The molecule has 0 fully saturated rings. The Morgan fingerprint density at radius 3 is 2.22 bits per heavy atom. The Kier molecular flexibility index (Phi) is 3.93. The molecule has 2 N–H and O–H groups in total. The molecule has 18 heavy (non-hydrogen) atoms. The van der Waals surface area contributed by atoms with Crippen molar-refractivity contribution in [1.29, 1.82) is 0 Å². The van der Waals surface area contributed by atoms with Crippen LogP contribution < -0.4 is 0 Å². The number of benzene rings is 2. The summed E-state index contributed by atoms with van der Waals surface area (Å²) in [7, 11) is 0. The van der Waals surface area contributed by atoms with Crippen LogP contribution in [0.3, 0.4) is 0 Å². The van der Waals surface area contributed by atoms with E-state index in [1.54, 1.807) is 36.4 Å². The predicted octanol–water partition coefficient (Wildman–Crippen LogP) is 4.00. The van der Waals surface area contributed by atoms with Crippen molar-refractivity contribution in [2.75, 3.05) is 0 Å². The van der Waals surface area contributed by atoms with E-state index in [-0.39, 0.29) is 11.3 Å². The Balaban J connectivity index is 2.18. The van der Waals surface area contributed by atoms with E-state index in [1.165, 1.54) is 11.8 Å². The first-order valence-corrected chi connectivity index (χ1v) is 6.67. The van der Waals surface area contributed by atoms with Crippen molar-refractivity contribution < 1.29 is 15.0 Å². The standard InChI is InChI=1S/C13H9BrO3S/c14-11-6-5-10(7-12(11)15)18-9-3-1-8(2-4-9)13(16)17/h1-7,15H,(H,16,17). The van der Waals surface area contributed by atoms with Crippen molar-refractivity contribution in [2.24, 2.45) is 0 Å². The van der Waals surface area contributed by atoms with Crippen molar-refractivity contribution in [2.45, 2.75) is 9.79 Å². The van der Waals surface area contributed by atoms with Gasteiger partial charge in [0.2, 0.25) is 0 Å². The second-order valence-electron chi connectivity index (χ2n) is 3.54. The summed E-state index contributed by atoms with van der Waals surface area (Å²) in [5.41, 5.74) is 0.262. The fourth-order valence-electron chi connectivity index (χ4n) is 1.36. The first-order valence-electron chi connectivity index (χ1n) is 5.06. The molecule has 0 spiro atoms. The van der Waals surface area contributed by atoms with Gasteiger partial charge in [-0.05, 0) is 58.4 Å². The Morgan fingerprint density at radius 2 is 1.67 bits per heavy atom. The molecule has 92 valence electrons. The van der Waals surface area contributed by atoms with Crippen LogP contribution in [0.15, 0.2) is 56.7 Å². The van der Waals surface area contributed by atoms with Gasteiger partial charge in [-0.15, -0.1) is 0 Å². The Bertz CT molecular complexity index is 581. The summed E-state index contributed by atoms with van der Waals surface area (Å²) in [5, 5.41) is 18.3. The van der Waals surface area contributed by atoms with Crippen LogP contribution in [-0.4, -0.2) is 16.2 Å². The van der Waals surface area contributed by atoms with E-state index < -0.39 is 5.97 Å². The second kappa shape index (κ2) is 5.46. The van der Waals surface area contributed by atoms with Crippen LogP contribution in [0.1, 0.15) is 10.4 Å². The minimum atomic E-state index is -0.937. The fourth-order valence-corrected chi connectivity index (χ4v) is 2.46. The van der Waals surface area contributed by atoms with Crippen molar-refractivity contribution in [1.82, 2.24) is 0 Å². The van der Waals surface area contributed by atoms with E-state index in [0.717, 1.165) is 9.79 Å². The van der Waals surface area contributed by atoms with Crippen LogP contribution in [0.4, 0.5) is 0 Å². The van der Waals surface area contributed by atoms with Crippen molar-refractivity contribution >= 4 is 33.7 Å². The maximum atomic E-state index is 10.7. The van der Waals surface area contributed by atoms with Gasteiger partial charge < -0.3 is 10.2 Å². The van der Waals surface area contributed by atoms with Gasteiger partial charge in [0.25, 0.3) is 0 Å². The fraction of sp³-hybridized carbons (Fsp3) is 0. The molecule has 0 heterocycles.